The Bertz CT molecular complexity index is 1000. The fourth-order valence-corrected chi connectivity index (χ4v) is 4.72. The molecule has 1 unspecified atom stereocenters. The standard InChI is InChI=1S/C22H19ClN2O2S/c23-17-8-6-14-7-9-19(18(14)12-17)25(22(27)16-10-11-28-13-16)20(21(24)26)15-4-2-1-3-5-15/h1-6,8,10-13,19-20H,7,9H2,(H2,24,26)/t19-,20?/m1/s1. The van der Waals surface area contributed by atoms with E-state index >= 15 is 0 Å². The molecule has 2 amide bonds. The van der Waals surface area contributed by atoms with E-state index in [9.17, 15) is 9.59 Å². The minimum atomic E-state index is -0.858. The van der Waals surface area contributed by atoms with Crippen molar-refractivity contribution in [2.45, 2.75) is 24.9 Å². The lowest BCUT2D eigenvalue weighted by Crippen LogP contribution is -2.43. The first-order valence-corrected chi connectivity index (χ1v) is 10.4. The fourth-order valence-electron chi connectivity index (χ4n) is 3.91. The molecule has 0 spiro atoms. The van der Waals surface area contributed by atoms with Crippen LogP contribution in [0.1, 0.15) is 45.6 Å². The molecule has 2 aromatic carbocycles. The molecule has 142 valence electrons. The zero-order valence-electron chi connectivity index (χ0n) is 15.0. The van der Waals surface area contributed by atoms with Crippen LogP contribution in [0.3, 0.4) is 0 Å². The summed E-state index contributed by atoms with van der Waals surface area (Å²) in [7, 11) is 0. The van der Waals surface area contributed by atoms with Crippen LogP contribution < -0.4 is 5.73 Å². The lowest BCUT2D eigenvalue weighted by Gasteiger charge is -2.35. The molecule has 0 aliphatic heterocycles. The number of hydrogen-bond donors (Lipinski definition) is 1. The van der Waals surface area contributed by atoms with Crippen LogP contribution >= 0.6 is 22.9 Å². The molecule has 1 heterocycles. The number of carbonyl (C=O) groups excluding carboxylic acids is 2. The van der Waals surface area contributed by atoms with Crippen LogP contribution in [0.4, 0.5) is 0 Å². The number of amides is 2. The van der Waals surface area contributed by atoms with E-state index in [2.05, 4.69) is 0 Å². The number of primary amides is 1. The third-order valence-electron chi connectivity index (χ3n) is 5.16. The van der Waals surface area contributed by atoms with Gasteiger partial charge in [0.25, 0.3) is 5.91 Å². The van der Waals surface area contributed by atoms with Crippen molar-refractivity contribution in [3.63, 3.8) is 0 Å². The van der Waals surface area contributed by atoms with E-state index in [0.29, 0.717) is 16.1 Å². The van der Waals surface area contributed by atoms with Crippen molar-refractivity contribution in [3.05, 3.63) is 92.6 Å². The van der Waals surface area contributed by atoms with E-state index in [4.69, 9.17) is 17.3 Å². The van der Waals surface area contributed by atoms with E-state index in [-0.39, 0.29) is 11.9 Å². The predicted octanol–water partition coefficient (Wildman–Crippen LogP) is 4.76. The summed E-state index contributed by atoms with van der Waals surface area (Å²) in [6, 6.07) is 15.6. The molecular formula is C22H19ClN2O2S. The van der Waals surface area contributed by atoms with Crippen LogP contribution in [-0.2, 0) is 11.2 Å². The van der Waals surface area contributed by atoms with Gasteiger partial charge in [-0.2, -0.15) is 11.3 Å². The van der Waals surface area contributed by atoms with Gasteiger partial charge in [-0.05, 0) is 53.1 Å². The molecule has 4 nitrogen and oxygen atoms in total. The van der Waals surface area contributed by atoms with Crippen LogP contribution in [0, 0.1) is 0 Å². The van der Waals surface area contributed by atoms with Crippen LogP contribution in [0.15, 0.2) is 65.4 Å². The molecule has 3 aromatic rings. The number of fused-ring (bicyclic) bond motifs is 1. The number of hydrogen-bond acceptors (Lipinski definition) is 3. The van der Waals surface area contributed by atoms with Gasteiger partial charge in [-0.3, -0.25) is 9.59 Å². The van der Waals surface area contributed by atoms with E-state index in [0.717, 1.165) is 24.0 Å². The largest absolute Gasteiger partial charge is 0.368 e. The number of thiophene rings is 1. The Morgan fingerprint density at radius 1 is 1.14 bits per heavy atom. The van der Waals surface area contributed by atoms with Crippen LogP contribution in [0.5, 0.6) is 0 Å². The molecule has 0 saturated carbocycles. The first-order valence-electron chi connectivity index (χ1n) is 9.03. The van der Waals surface area contributed by atoms with Crippen molar-refractivity contribution in [1.29, 1.82) is 0 Å². The summed E-state index contributed by atoms with van der Waals surface area (Å²) in [4.78, 5) is 27.7. The third kappa shape index (κ3) is 3.43. The molecule has 2 atom stereocenters. The molecule has 0 saturated heterocycles. The van der Waals surface area contributed by atoms with Crippen molar-refractivity contribution >= 4 is 34.8 Å². The summed E-state index contributed by atoms with van der Waals surface area (Å²) in [6.45, 7) is 0. The van der Waals surface area contributed by atoms with E-state index in [1.807, 2.05) is 53.9 Å². The van der Waals surface area contributed by atoms with Gasteiger partial charge in [0.05, 0.1) is 11.6 Å². The summed E-state index contributed by atoms with van der Waals surface area (Å²) in [5.41, 5.74) is 9.21. The van der Waals surface area contributed by atoms with Gasteiger partial charge in [-0.15, -0.1) is 0 Å². The summed E-state index contributed by atoms with van der Waals surface area (Å²) in [5, 5.41) is 4.27. The smallest absolute Gasteiger partial charge is 0.256 e. The van der Waals surface area contributed by atoms with Gasteiger partial charge in [0, 0.05) is 10.4 Å². The van der Waals surface area contributed by atoms with Gasteiger partial charge in [-0.1, -0.05) is 48.0 Å². The molecule has 1 aliphatic carbocycles. The zero-order chi connectivity index (χ0) is 19.7. The Morgan fingerprint density at radius 3 is 2.61 bits per heavy atom. The summed E-state index contributed by atoms with van der Waals surface area (Å²) in [5.74, 6) is -0.753. The highest BCUT2D eigenvalue weighted by Gasteiger charge is 2.39. The molecule has 4 rings (SSSR count). The summed E-state index contributed by atoms with van der Waals surface area (Å²) >= 11 is 7.69. The topological polar surface area (TPSA) is 63.4 Å². The molecule has 0 fully saturated rings. The van der Waals surface area contributed by atoms with Crippen molar-refractivity contribution in [2.24, 2.45) is 5.73 Å². The minimum Gasteiger partial charge on any atom is -0.368 e. The molecule has 2 N–H and O–H groups in total. The number of nitrogens with two attached hydrogens (primary N) is 1. The van der Waals surface area contributed by atoms with Gasteiger partial charge >= 0.3 is 0 Å². The second-order valence-electron chi connectivity index (χ2n) is 6.84. The molecule has 0 bridgehead atoms. The average Bonchev–Trinajstić information content (AvgIpc) is 3.36. The van der Waals surface area contributed by atoms with Gasteiger partial charge in [-0.25, -0.2) is 0 Å². The lowest BCUT2D eigenvalue weighted by atomic mass is 9.98. The first kappa shape index (κ1) is 18.7. The van der Waals surface area contributed by atoms with E-state index in [1.165, 1.54) is 11.3 Å². The molecule has 6 heteroatoms. The minimum absolute atomic E-state index is 0.202. The monoisotopic (exact) mass is 410 g/mol. The number of halogens is 1. The van der Waals surface area contributed by atoms with Gasteiger partial charge < -0.3 is 10.6 Å². The number of nitrogens with zero attached hydrogens (tertiary/aromatic N) is 1. The molecule has 28 heavy (non-hydrogen) atoms. The maximum Gasteiger partial charge on any atom is 0.256 e. The normalized spacial score (nSPS) is 16.4. The van der Waals surface area contributed by atoms with Crippen molar-refractivity contribution in [3.8, 4) is 0 Å². The van der Waals surface area contributed by atoms with Crippen molar-refractivity contribution < 1.29 is 9.59 Å². The molecule has 1 aromatic heterocycles. The predicted molar refractivity (Wildman–Crippen MR) is 111 cm³/mol. The number of benzene rings is 2. The second kappa shape index (κ2) is 7.78. The Kier molecular flexibility index (Phi) is 5.20. The van der Waals surface area contributed by atoms with E-state index < -0.39 is 11.9 Å². The van der Waals surface area contributed by atoms with Gasteiger partial charge in [0.2, 0.25) is 5.91 Å². The van der Waals surface area contributed by atoms with Crippen molar-refractivity contribution in [2.75, 3.05) is 0 Å². The Hall–Kier alpha value is -2.63. The molecular weight excluding hydrogens is 392 g/mol. The summed E-state index contributed by atoms with van der Waals surface area (Å²) < 4.78 is 0. The first-order chi connectivity index (χ1) is 13.6. The van der Waals surface area contributed by atoms with Gasteiger partial charge in [0.1, 0.15) is 6.04 Å². The molecule has 0 radical (unpaired) electrons. The maximum absolute atomic E-state index is 13.5. The van der Waals surface area contributed by atoms with Crippen LogP contribution in [-0.4, -0.2) is 16.7 Å². The number of rotatable bonds is 5. The van der Waals surface area contributed by atoms with Crippen LogP contribution in [0.2, 0.25) is 5.02 Å². The number of aryl methyl sites for hydroxylation is 1. The Balaban J connectivity index is 1.85. The average molecular weight is 411 g/mol. The highest BCUT2D eigenvalue weighted by Crippen LogP contribution is 2.42. The van der Waals surface area contributed by atoms with Crippen molar-refractivity contribution in [1.82, 2.24) is 4.90 Å². The zero-order valence-corrected chi connectivity index (χ0v) is 16.6. The maximum atomic E-state index is 13.5. The summed E-state index contributed by atoms with van der Waals surface area (Å²) in [6.07, 6.45) is 1.55. The van der Waals surface area contributed by atoms with E-state index in [1.54, 1.807) is 16.3 Å². The van der Waals surface area contributed by atoms with Crippen LogP contribution in [0.25, 0.3) is 0 Å². The quantitative estimate of drug-likeness (QED) is 0.659. The fraction of sp³-hybridized carbons (Fsp3) is 0.182. The lowest BCUT2D eigenvalue weighted by molar-refractivity contribution is -0.123. The second-order valence-corrected chi connectivity index (χ2v) is 8.05. The SMILES string of the molecule is NC(=O)C(c1ccccc1)N(C(=O)c1ccsc1)[C@@H]1CCc2ccc(Cl)cc21. The highest BCUT2D eigenvalue weighted by atomic mass is 35.5. The Morgan fingerprint density at radius 2 is 1.93 bits per heavy atom. The molecule has 1 aliphatic rings. The highest BCUT2D eigenvalue weighted by molar-refractivity contribution is 7.08. The Labute approximate surface area is 172 Å². The number of carbonyl (C=O) groups is 2. The third-order valence-corrected chi connectivity index (χ3v) is 6.07. The van der Waals surface area contributed by atoms with Gasteiger partial charge in [0.15, 0.2) is 0 Å².